The Morgan fingerprint density at radius 1 is 0.659 bits per heavy atom. The average Bonchev–Trinajstić information content (AvgIpc) is 2.88. The Hall–Kier alpha value is -2.78. The van der Waals surface area contributed by atoms with Gasteiger partial charge in [0, 0.05) is 24.2 Å². The number of carbonyl (C=O) groups excluding carboxylic acids is 2. The summed E-state index contributed by atoms with van der Waals surface area (Å²) in [6, 6.07) is 7.10. The van der Waals surface area contributed by atoms with Gasteiger partial charge in [0.05, 0.1) is 6.42 Å². The second kappa shape index (κ2) is 12.6. The Labute approximate surface area is 245 Å². The maximum absolute atomic E-state index is 13.5. The van der Waals surface area contributed by atoms with E-state index < -0.39 is 12.1 Å². The molecule has 2 aromatic carbocycles. The largest absolute Gasteiger partial charge is 0.320 e. The zero-order valence-electron chi connectivity index (χ0n) is 25.8. The summed E-state index contributed by atoms with van der Waals surface area (Å²) in [5.41, 5.74) is 7.99. The first-order chi connectivity index (χ1) is 19.3. The number of hydroxylamine groups is 6. The quantitative estimate of drug-likeness (QED) is 0.294. The number of nitrogens with zero attached hydrogens (tertiary/aromatic N) is 2. The van der Waals surface area contributed by atoms with Gasteiger partial charge in [-0.1, -0.05) is 35.4 Å². The first kappa shape index (κ1) is 31.2. The van der Waals surface area contributed by atoms with Crippen LogP contribution >= 0.6 is 0 Å². The number of nitrogens with one attached hydrogen (secondary N) is 2. The molecule has 41 heavy (non-hydrogen) atoms. The predicted molar refractivity (Wildman–Crippen MR) is 162 cm³/mol. The van der Waals surface area contributed by atoms with Crippen LogP contribution in [0.4, 0.5) is 11.4 Å². The molecule has 4 N–H and O–H groups in total. The molecule has 0 bridgehead atoms. The van der Waals surface area contributed by atoms with Crippen molar-refractivity contribution < 1.29 is 29.3 Å². The minimum Gasteiger partial charge on any atom is -0.320 e. The fourth-order valence-corrected chi connectivity index (χ4v) is 7.26. The van der Waals surface area contributed by atoms with Crippen LogP contribution < -0.4 is 10.6 Å². The molecule has 8 nitrogen and oxygen atoms in total. The maximum Gasteiger partial charge on any atom is 0.285 e. The summed E-state index contributed by atoms with van der Waals surface area (Å²) >= 11 is 0. The summed E-state index contributed by atoms with van der Waals surface area (Å²) in [6.45, 7) is 13.8. The molecule has 2 aromatic rings. The van der Waals surface area contributed by atoms with Crippen LogP contribution in [-0.2, 0) is 9.59 Å². The number of carbonyl (C=O) groups is 2. The van der Waals surface area contributed by atoms with E-state index in [9.17, 15) is 20.0 Å². The number of hydrogen-bond donors (Lipinski definition) is 4. The highest BCUT2D eigenvalue weighted by Gasteiger charge is 2.47. The highest BCUT2D eigenvalue weighted by Crippen LogP contribution is 2.31. The summed E-state index contributed by atoms with van der Waals surface area (Å²) in [7, 11) is 0. The van der Waals surface area contributed by atoms with E-state index in [0.29, 0.717) is 45.4 Å². The molecule has 4 rings (SSSR count). The maximum atomic E-state index is 13.5. The molecule has 2 heterocycles. The molecule has 2 aliphatic rings. The lowest BCUT2D eigenvalue weighted by atomic mass is 9.98. The standard InChI is InChI=1S/C33H48N4O4/c1-22-18-24(3)30(25(4)19-22)34-32(38)28-12-7-9-14-36(28,40)16-11-17-37(41)15-10-8-13-29(37)33(39)35-31-26(5)20-23(2)21-27(31)6/h18-21,28-29,40-41H,7-17H2,1-6H3/p+2/t28-,29-,36?,37?/m0/s1. The molecule has 0 aromatic heterocycles. The van der Waals surface area contributed by atoms with E-state index >= 15 is 0 Å². The van der Waals surface area contributed by atoms with Crippen molar-refractivity contribution in [1.82, 2.24) is 0 Å². The van der Waals surface area contributed by atoms with Crippen molar-refractivity contribution in [3.63, 3.8) is 0 Å². The van der Waals surface area contributed by atoms with Gasteiger partial charge in [0.15, 0.2) is 12.1 Å². The van der Waals surface area contributed by atoms with Crippen molar-refractivity contribution in [2.45, 2.75) is 98.6 Å². The minimum atomic E-state index is -0.566. The normalized spacial score (nSPS) is 26.4. The van der Waals surface area contributed by atoms with Crippen molar-refractivity contribution in [3.05, 3.63) is 57.6 Å². The van der Waals surface area contributed by atoms with Gasteiger partial charge in [-0.15, -0.1) is 0 Å². The molecule has 4 atom stereocenters. The van der Waals surface area contributed by atoms with Crippen LogP contribution in [0.1, 0.15) is 78.3 Å². The van der Waals surface area contributed by atoms with Crippen molar-refractivity contribution >= 4 is 23.2 Å². The van der Waals surface area contributed by atoms with Crippen LogP contribution in [0.25, 0.3) is 0 Å². The molecule has 2 aliphatic heterocycles. The Morgan fingerprint density at radius 3 is 1.34 bits per heavy atom. The number of aryl methyl sites for hydroxylation is 6. The van der Waals surface area contributed by atoms with Gasteiger partial charge in [0.1, 0.15) is 26.2 Å². The number of piperidine rings is 2. The molecule has 2 amide bonds. The first-order valence-electron chi connectivity index (χ1n) is 15.3. The molecule has 8 heteroatoms. The molecule has 0 aliphatic carbocycles. The van der Waals surface area contributed by atoms with Crippen molar-refractivity contribution in [2.75, 3.05) is 36.8 Å². The van der Waals surface area contributed by atoms with Crippen molar-refractivity contribution in [3.8, 4) is 0 Å². The first-order valence-corrected chi connectivity index (χ1v) is 15.3. The average molecular weight is 567 g/mol. The minimum absolute atomic E-state index is 0.158. The number of hydrogen-bond acceptors (Lipinski definition) is 4. The lowest BCUT2D eigenvalue weighted by molar-refractivity contribution is -1.13. The van der Waals surface area contributed by atoms with E-state index in [1.807, 2.05) is 41.5 Å². The molecule has 2 unspecified atom stereocenters. The molecular formula is C33H50N4O4+2. The third-order valence-electron chi connectivity index (χ3n) is 9.25. The third-order valence-corrected chi connectivity index (χ3v) is 9.25. The molecule has 0 spiro atoms. The monoisotopic (exact) mass is 566 g/mol. The second-order valence-corrected chi connectivity index (χ2v) is 12.8. The summed E-state index contributed by atoms with van der Waals surface area (Å²) < 4.78 is -0.650. The predicted octanol–water partition coefficient (Wildman–Crippen LogP) is 6.02. The lowest BCUT2D eigenvalue weighted by Gasteiger charge is -2.42. The van der Waals surface area contributed by atoms with Gasteiger partial charge in [0.25, 0.3) is 11.8 Å². The zero-order chi connectivity index (χ0) is 29.9. The van der Waals surface area contributed by atoms with Gasteiger partial charge >= 0.3 is 0 Å². The Kier molecular flexibility index (Phi) is 9.59. The van der Waals surface area contributed by atoms with E-state index in [1.165, 1.54) is 0 Å². The Morgan fingerprint density at radius 2 is 1.00 bits per heavy atom. The van der Waals surface area contributed by atoms with E-state index in [0.717, 1.165) is 70.4 Å². The molecule has 2 fully saturated rings. The van der Waals surface area contributed by atoms with Gasteiger partial charge in [0.2, 0.25) is 0 Å². The lowest BCUT2D eigenvalue weighted by Crippen LogP contribution is -2.63. The summed E-state index contributed by atoms with van der Waals surface area (Å²) in [5, 5.41) is 29.7. The number of benzene rings is 2. The van der Waals surface area contributed by atoms with E-state index in [-0.39, 0.29) is 21.1 Å². The van der Waals surface area contributed by atoms with Crippen LogP contribution in [0.5, 0.6) is 0 Å². The SMILES string of the molecule is Cc1cc(C)c(NC(=O)[C@@H]2CCCC[N+]2(O)CCC[N+]2(O)CCCC[C@H]2C(=O)Nc2c(C)cc(C)cc2C)c(C)c1. The van der Waals surface area contributed by atoms with Crippen molar-refractivity contribution in [2.24, 2.45) is 0 Å². The van der Waals surface area contributed by atoms with Gasteiger partial charge < -0.3 is 10.6 Å². The van der Waals surface area contributed by atoms with E-state index in [1.54, 1.807) is 0 Å². The van der Waals surface area contributed by atoms with Gasteiger partial charge in [-0.2, -0.15) is 9.29 Å². The van der Waals surface area contributed by atoms with Crippen LogP contribution in [-0.4, -0.2) is 69.8 Å². The van der Waals surface area contributed by atoms with Gasteiger partial charge in [-0.05, 0) is 89.5 Å². The van der Waals surface area contributed by atoms with Crippen molar-refractivity contribution in [1.29, 1.82) is 0 Å². The fourth-order valence-electron chi connectivity index (χ4n) is 7.26. The number of rotatable bonds is 8. The number of anilines is 2. The molecule has 2 saturated heterocycles. The van der Waals surface area contributed by atoms with Crippen LogP contribution in [0.3, 0.4) is 0 Å². The summed E-state index contributed by atoms with van der Waals surface area (Å²) in [6.07, 6.45) is 5.23. The molecule has 0 saturated carbocycles. The highest BCUT2D eigenvalue weighted by atomic mass is 16.6. The van der Waals surface area contributed by atoms with Gasteiger partial charge in [-0.3, -0.25) is 9.59 Å². The zero-order valence-corrected chi connectivity index (χ0v) is 25.8. The molecule has 224 valence electrons. The number of amides is 2. The summed E-state index contributed by atoms with van der Waals surface area (Å²) in [4.78, 5) is 27.0. The smallest absolute Gasteiger partial charge is 0.285 e. The Balaban J connectivity index is 1.43. The second-order valence-electron chi connectivity index (χ2n) is 12.8. The number of quaternary nitrogens is 2. The highest BCUT2D eigenvalue weighted by molar-refractivity contribution is 5.96. The van der Waals surface area contributed by atoms with Crippen LogP contribution in [0.2, 0.25) is 0 Å². The molecule has 0 radical (unpaired) electrons. The van der Waals surface area contributed by atoms with Crippen LogP contribution in [0, 0.1) is 41.5 Å². The number of likely N-dealkylation sites (tertiary alicyclic amines) is 2. The van der Waals surface area contributed by atoms with Crippen LogP contribution in [0.15, 0.2) is 24.3 Å². The third kappa shape index (κ3) is 7.00. The fraction of sp³-hybridized carbons (Fsp3) is 0.576. The Bertz CT molecular complexity index is 1150. The van der Waals surface area contributed by atoms with Gasteiger partial charge in [-0.25, -0.2) is 10.4 Å². The van der Waals surface area contributed by atoms with E-state index in [4.69, 9.17) is 0 Å². The topological polar surface area (TPSA) is 98.7 Å². The van der Waals surface area contributed by atoms with E-state index in [2.05, 4.69) is 34.9 Å². The summed E-state index contributed by atoms with van der Waals surface area (Å²) in [5.74, 6) is -0.316. The molecular weight excluding hydrogens is 516 g/mol.